The maximum Gasteiger partial charge on any atom is 0.338 e. The number of esters is 1. The molecule has 0 spiro atoms. The number of anilines is 1. The normalized spacial score (nSPS) is 18.4. The summed E-state index contributed by atoms with van der Waals surface area (Å²) in [6, 6.07) is 7.56. The van der Waals surface area contributed by atoms with Crippen LogP contribution < -0.4 is 5.32 Å². The van der Waals surface area contributed by atoms with Crippen molar-refractivity contribution in [2.45, 2.75) is 65.3 Å². The third-order valence-corrected chi connectivity index (χ3v) is 6.57. The smallest absolute Gasteiger partial charge is 0.338 e. The van der Waals surface area contributed by atoms with Crippen LogP contribution in [0.5, 0.6) is 0 Å². The molecule has 0 bridgehead atoms. The van der Waals surface area contributed by atoms with Gasteiger partial charge in [-0.3, -0.25) is 4.79 Å². The van der Waals surface area contributed by atoms with Crippen molar-refractivity contribution in [2.75, 3.05) is 24.2 Å². The number of thioether (sulfide) groups is 1. The van der Waals surface area contributed by atoms with Crippen molar-refractivity contribution in [3.8, 4) is 0 Å². The monoisotopic (exact) mass is 443 g/mol. The van der Waals surface area contributed by atoms with Crippen molar-refractivity contribution >= 4 is 34.5 Å². The molecule has 6 nitrogen and oxygen atoms in total. The van der Waals surface area contributed by atoms with E-state index in [4.69, 9.17) is 9.73 Å². The maximum absolute atomic E-state index is 12.8. The number of ether oxygens (including phenoxy) is 1. The minimum atomic E-state index is -0.325. The van der Waals surface area contributed by atoms with Gasteiger partial charge in [0.15, 0.2) is 5.17 Å². The number of aliphatic imine (C=N–C) groups is 1. The number of benzene rings is 1. The lowest BCUT2D eigenvalue weighted by Crippen LogP contribution is -2.42. The molecule has 168 valence electrons. The molecule has 1 saturated heterocycles. The van der Waals surface area contributed by atoms with Crippen LogP contribution >= 0.6 is 11.8 Å². The predicted octanol–water partition coefficient (Wildman–Crippen LogP) is 5.28. The number of hydrogen-bond donors (Lipinski definition) is 1. The number of carbonyl (C=O) groups excluding carboxylic acids is 2. The Labute approximate surface area is 189 Å². The van der Waals surface area contributed by atoms with Gasteiger partial charge in [0.05, 0.1) is 23.9 Å². The van der Waals surface area contributed by atoms with E-state index in [1.807, 2.05) is 38.1 Å². The van der Waals surface area contributed by atoms with E-state index in [1.165, 1.54) is 0 Å². The van der Waals surface area contributed by atoms with Gasteiger partial charge in [-0.15, -0.1) is 0 Å². The summed E-state index contributed by atoms with van der Waals surface area (Å²) in [6.45, 7) is 7.01. The first-order valence-corrected chi connectivity index (χ1v) is 12.3. The predicted molar refractivity (Wildman–Crippen MR) is 127 cm³/mol. The van der Waals surface area contributed by atoms with Crippen LogP contribution in [-0.2, 0) is 14.3 Å². The quantitative estimate of drug-likeness (QED) is 0.415. The third kappa shape index (κ3) is 5.91. The molecule has 7 heteroatoms. The number of carbonyl (C=O) groups is 2. The Balaban J connectivity index is 1.85. The number of allylic oxidation sites excluding steroid dienone is 1. The molecule has 1 N–H and O–H groups in total. The zero-order chi connectivity index (χ0) is 22.2. The van der Waals surface area contributed by atoms with Gasteiger partial charge in [0.25, 0.3) is 0 Å². The zero-order valence-corrected chi connectivity index (χ0v) is 19.6. The summed E-state index contributed by atoms with van der Waals surface area (Å²) in [6.07, 6.45) is 5.85. The Morgan fingerprint density at radius 3 is 2.87 bits per heavy atom. The summed E-state index contributed by atoms with van der Waals surface area (Å²) in [4.78, 5) is 32.1. The van der Waals surface area contributed by atoms with Crippen LogP contribution in [0.1, 0.15) is 70.9 Å². The lowest BCUT2D eigenvalue weighted by Gasteiger charge is -2.40. The molecule has 1 amide bonds. The highest BCUT2D eigenvalue weighted by atomic mass is 32.2. The van der Waals surface area contributed by atoms with Crippen molar-refractivity contribution in [1.29, 1.82) is 0 Å². The first-order valence-electron chi connectivity index (χ1n) is 11.3. The Bertz CT molecular complexity index is 865. The molecule has 0 aliphatic carbocycles. The molecule has 0 saturated carbocycles. The SMILES string of the molecule is CCCCCCC(=O)Nc1cccc([C@@H]2C(C(=O)OCC)=C(C)N=C3SCCCN32)c1. The highest BCUT2D eigenvalue weighted by molar-refractivity contribution is 8.13. The second kappa shape index (κ2) is 11.4. The number of rotatable bonds is 9. The van der Waals surface area contributed by atoms with E-state index in [-0.39, 0.29) is 17.9 Å². The van der Waals surface area contributed by atoms with Gasteiger partial charge in [-0.05, 0) is 44.4 Å². The Morgan fingerprint density at radius 2 is 2.10 bits per heavy atom. The highest BCUT2D eigenvalue weighted by Gasteiger charge is 2.37. The summed E-state index contributed by atoms with van der Waals surface area (Å²) in [5.74, 6) is 0.733. The van der Waals surface area contributed by atoms with Crippen LogP contribution in [0.4, 0.5) is 5.69 Å². The highest BCUT2D eigenvalue weighted by Crippen LogP contribution is 2.40. The summed E-state index contributed by atoms with van der Waals surface area (Å²) in [5.41, 5.74) is 3.00. The molecule has 1 atom stereocenters. The van der Waals surface area contributed by atoms with Crippen molar-refractivity contribution in [1.82, 2.24) is 4.90 Å². The summed E-state index contributed by atoms with van der Waals surface area (Å²) < 4.78 is 5.37. The topological polar surface area (TPSA) is 71.0 Å². The number of unbranched alkanes of at least 4 members (excludes halogenated alkanes) is 3. The van der Waals surface area contributed by atoms with Gasteiger partial charge in [-0.1, -0.05) is 50.1 Å². The van der Waals surface area contributed by atoms with E-state index in [2.05, 4.69) is 17.1 Å². The van der Waals surface area contributed by atoms with E-state index in [1.54, 1.807) is 11.8 Å². The number of amidine groups is 1. The van der Waals surface area contributed by atoms with Crippen LogP contribution in [-0.4, -0.2) is 40.8 Å². The van der Waals surface area contributed by atoms with Gasteiger partial charge >= 0.3 is 5.97 Å². The number of nitrogens with zero attached hydrogens (tertiary/aromatic N) is 2. The Kier molecular flexibility index (Phi) is 8.58. The summed E-state index contributed by atoms with van der Waals surface area (Å²) in [5, 5.41) is 3.98. The number of nitrogens with one attached hydrogen (secondary N) is 1. The molecule has 3 rings (SSSR count). The van der Waals surface area contributed by atoms with Gasteiger partial charge in [0.1, 0.15) is 0 Å². The fourth-order valence-corrected chi connectivity index (χ4v) is 5.03. The van der Waals surface area contributed by atoms with Crippen molar-refractivity contribution in [3.05, 3.63) is 41.1 Å². The standard InChI is InChI=1S/C24H33N3O3S/c1-4-6-7-8-13-20(28)26-19-12-9-11-18(16-19)22-21(23(29)30-5-2)17(3)25-24-27(22)14-10-15-31-24/h9,11-12,16,22H,4-8,10,13-15H2,1-3H3,(H,26,28)/t22-/m1/s1. The Morgan fingerprint density at radius 1 is 1.26 bits per heavy atom. The van der Waals surface area contributed by atoms with Gasteiger partial charge < -0.3 is 15.0 Å². The average Bonchev–Trinajstić information content (AvgIpc) is 2.76. The molecule has 1 fully saturated rings. The summed E-state index contributed by atoms with van der Waals surface area (Å²) in [7, 11) is 0. The van der Waals surface area contributed by atoms with Crippen molar-refractivity contribution in [2.24, 2.45) is 4.99 Å². The summed E-state index contributed by atoms with van der Waals surface area (Å²) >= 11 is 1.72. The van der Waals surface area contributed by atoms with Gasteiger partial charge in [-0.25, -0.2) is 9.79 Å². The van der Waals surface area contributed by atoms with Crippen LogP contribution in [0.2, 0.25) is 0 Å². The second-order valence-corrected chi connectivity index (χ2v) is 8.96. The van der Waals surface area contributed by atoms with E-state index in [0.717, 1.165) is 60.8 Å². The van der Waals surface area contributed by atoms with E-state index in [0.29, 0.717) is 24.3 Å². The number of fused-ring (bicyclic) bond motifs is 1. The van der Waals surface area contributed by atoms with Crippen molar-refractivity contribution < 1.29 is 14.3 Å². The first-order chi connectivity index (χ1) is 15.0. The van der Waals surface area contributed by atoms with Gasteiger partial charge in [0, 0.05) is 24.4 Å². The van der Waals surface area contributed by atoms with Gasteiger partial charge in [0.2, 0.25) is 5.91 Å². The lowest BCUT2D eigenvalue weighted by molar-refractivity contribution is -0.139. The molecule has 1 aromatic rings. The second-order valence-electron chi connectivity index (χ2n) is 7.90. The van der Waals surface area contributed by atoms with Crippen molar-refractivity contribution in [3.63, 3.8) is 0 Å². The minimum absolute atomic E-state index is 0.0324. The molecule has 2 aliphatic heterocycles. The third-order valence-electron chi connectivity index (χ3n) is 5.50. The van der Waals surface area contributed by atoms with E-state index in [9.17, 15) is 9.59 Å². The maximum atomic E-state index is 12.8. The largest absolute Gasteiger partial charge is 0.463 e. The van der Waals surface area contributed by atoms with Gasteiger partial charge in [-0.2, -0.15) is 0 Å². The molecular formula is C24H33N3O3S. The number of amides is 1. The molecule has 2 aliphatic rings. The van der Waals surface area contributed by atoms with Crippen LogP contribution in [0.3, 0.4) is 0 Å². The van der Waals surface area contributed by atoms with E-state index >= 15 is 0 Å². The molecule has 2 heterocycles. The minimum Gasteiger partial charge on any atom is -0.463 e. The number of hydrogen-bond acceptors (Lipinski definition) is 6. The molecular weight excluding hydrogens is 410 g/mol. The Hall–Kier alpha value is -2.28. The fraction of sp³-hybridized carbons (Fsp3) is 0.542. The van der Waals surface area contributed by atoms with Crippen LogP contribution in [0, 0.1) is 0 Å². The van der Waals surface area contributed by atoms with E-state index < -0.39 is 0 Å². The fourth-order valence-electron chi connectivity index (χ4n) is 4.01. The van der Waals surface area contributed by atoms with Crippen LogP contribution in [0.15, 0.2) is 40.5 Å². The average molecular weight is 444 g/mol. The van der Waals surface area contributed by atoms with Crippen LogP contribution in [0.25, 0.3) is 0 Å². The molecule has 31 heavy (non-hydrogen) atoms. The lowest BCUT2D eigenvalue weighted by atomic mass is 9.94. The molecule has 0 radical (unpaired) electrons. The molecule has 1 aromatic carbocycles. The molecule has 0 aromatic heterocycles. The zero-order valence-electron chi connectivity index (χ0n) is 18.8. The molecule has 0 unspecified atom stereocenters. The first kappa shape index (κ1) is 23.4.